The number of nitrogens with zero attached hydrogens (tertiary/aromatic N) is 3. The molecule has 0 aliphatic carbocycles. The maximum atomic E-state index is 4.66. The van der Waals surface area contributed by atoms with Crippen LogP contribution in [-0.4, -0.2) is 21.1 Å². The topological polar surface area (TPSA) is 42.7 Å². The van der Waals surface area contributed by atoms with Crippen molar-refractivity contribution >= 4 is 27.5 Å². The summed E-state index contributed by atoms with van der Waals surface area (Å²) in [5, 5.41) is 6.32. The smallest absolute Gasteiger partial charge is 0.183 e. The molecule has 0 atom stereocenters. The van der Waals surface area contributed by atoms with Crippen molar-refractivity contribution in [3.05, 3.63) is 29.6 Å². The van der Waals surface area contributed by atoms with Crippen LogP contribution in [0.25, 0.3) is 22.6 Å². The summed E-state index contributed by atoms with van der Waals surface area (Å²) in [4.78, 5) is 9.25. The molecule has 4 nitrogen and oxygen atoms in total. The Kier molecular flexibility index (Phi) is 3.21. The Labute approximate surface area is 116 Å². The summed E-state index contributed by atoms with van der Waals surface area (Å²) in [5.74, 6) is 0.919. The van der Waals surface area contributed by atoms with E-state index in [9.17, 15) is 0 Å². The maximum absolute atomic E-state index is 4.66. The second-order valence-corrected chi connectivity index (χ2v) is 5.31. The number of benzene rings is 1. The molecule has 1 aromatic carbocycles. The third-order valence-corrected chi connectivity index (χ3v) is 3.85. The first-order valence-corrected chi connectivity index (χ1v) is 7.29. The van der Waals surface area contributed by atoms with Gasteiger partial charge in [-0.05, 0) is 18.6 Å². The minimum Gasteiger partial charge on any atom is -0.362 e. The normalized spacial score (nSPS) is 11.1. The molecule has 0 aliphatic heterocycles. The number of nitrogens with one attached hydrogen (secondary N) is 1. The lowest BCUT2D eigenvalue weighted by atomic mass is 10.3. The molecule has 0 radical (unpaired) electrons. The van der Waals surface area contributed by atoms with Crippen molar-refractivity contribution in [2.45, 2.75) is 13.3 Å². The Hall–Kier alpha value is -1.88. The molecule has 0 saturated carbocycles. The molecule has 5 heteroatoms. The van der Waals surface area contributed by atoms with Crippen molar-refractivity contribution in [2.75, 3.05) is 11.9 Å². The minimum atomic E-state index is 0.919. The van der Waals surface area contributed by atoms with Crippen molar-refractivity contribution in [2.24, 2.45) is 7.05 Å². The molecule has 1 N–H and O–H groups in total. The molecule has 3 rings (SSSR count). The average Bonchev–Trinajstić information content (AvgIpc) is 3.02. The van der Waals surface area contributed by atoms with Gasteiger partial charge in [-0.15, -0.1) is 11.3 Å². The molecule has 0 amide bonds. The van der Waals surface area contributed by atoms with E-state index in [-0.39, 0.29) is 0 Å². The van der Waals surface area contributed by atoms with Crippen LogP contribution in [0.2, 0.25) is 0 Å². The summed E-state index contributed by atoms with van der Waals surface area (Å²) in [5.41, 5.74) is 3.08. The van der Waals surface area contributed by atoms with Crippen LogP contribution in [0, 0.1) is 0 Å². The predicted molar refractivity (Wildman–Crippen MR) is 80.6 cm³/mol. The number of anilines is 1. The van der Waals surface area contributed by atoms with Crippen LogP contribution in [0.5, 0.6) is 0 Å². The van der Waals surface area contributed by atoms with Gasteiger partial charge in [-0.1, -0.05) is 19.1 Å². The first-order chi connectivity index (χ1) is 9.29. The second kappa shape index (κ2) is 5.01. The van der Waals surface area contributed by atoms with Gasteiger partial charge in [0.25, 0.3) is 0 Å². The van der Waals surface area contributed by atoms with Gasteiger partial charge in [0, 0.05) is 19.0 Å². The van der Waals surface area contributed by atoms with Crippen LogP contribution in [0.3, 0.4) is 0 Å². The number of fused-ring (bicyclic) bond motifs is 1. The Morgan fingerprint density at radius 3 is 2.89 bits per heavy atom. The molecule has 2 aromatic heterocycles. The molecule has 0 saturated heterocycles. The third-order valence-electron chi connectivity index (χ3n) is 3.05. The molecule has 0 unspecified atom stereocenters. The number of imidazole rings is 1. The second-order valence-electron chi connectivity index (χ2n) is 4.45. The number of aromatic nitrogens is 3. The summed E-state index contributed by atoms with van der Waals surface area (Å²) < 4.78 is 2.09. The fourth-order valence-corrected chi connectivity index (χ4v) is 2.78. The summed E-state index contributed by atoms with van der Waals surface area (Å²) >= 11 is 1.63. The highest BCUT2D eigenvalue weighted by molar-refractivity contribution is 7.14. The quantitative estimate of drug-likeness (QED) is 0.790. The monoisotopic (exact) mass is 272 g/mol. The van der Waals surface area contributed by atoms with Gasteiger partial charge < -0.3 is 9.88 Å². The molecule has 0 bridgehead atoms. The summed E-state index contributed by atoms with van der Waals surface area (Å²) in [6, 6.07) is 8.15. The molecule has 2 heterocycles. The molecular formula is C14H16N4S. The Morgan fingerprint density at radius 2 is 2.11 bits per heavy atom. The highest BCUT2D eigenvalue weighted by atomic mass is 32.1. The van der Waals surface area contributed by atoms with E-state index in [1.165, 1.54) is 0 Å². The Bertz CT molecular complexity index is 698. The van der Waals surface area contributed by atoms with E-state index in [1.807, 2.05) is 25.2 Å². The zero-order valence-electron chi connectivity index (χ0n) is 11.1. The SMILES string of the molecule is CCCNc1nc(-c2nc3ccccc3n2C)cs1. The zero-order chi connectivity index (χ0) is 13.2. The van der Waals surface area contributed by atoms with Gasteiger partial charge in [-0.25, -0.2) is 9.97 Å². The van der Waals surface area contributed by atoms with Crippen molar-refractivity contribution in [3.8, 4) is 11.5 Å². The fraction of sp³-hybridized carbons (Fsp3) is 0.286. The van der Waals surface area contributed by atoms with Gasteiger partial charge >= 0.3 is 0 Å². The molecule has 19 heavy (non-hydrogen) atoms. The van der Waals surface area contributed by atoms with Gasteiger partial charge in [0.05, 0.1) is 11.0 Å². The highest BCUT2D eigenvalue weighted by Gasteiger charge is 2.12. The first-order valence-electron chi connectivity index (χ1n) is 6.41. The number of aryl methyl sites for hydroxylation is 1. The summed E-state index contributed by atoms with van der Waals surface area (Å²) in [6.45, 7) is 3.10. The molecule has 98 valence electrons. The highest BCUT2D eigenvalue weighted by Crippen LogP contribution is 2.26. The largest absolute Gasteiger partial charge is 0.362 e. The van der Waals surface area contributed by atoms with Crippen molar-refractivity contribution in [1.29, 1.82) is 0 Å². The maximum Gasteiger partial charge on any atom is 0.183 e. The minimum absolute atomic E-state index is 0.919. The van der Waals surface area contributed by atoms with E-state index in [2.05, 4.69) is 38.2 Å². The number of para-hydroxylation sites is 2. The standard InChI is InChI=1S/C14H16N4S/c1-3-8-15-14-17-11(9-19-14)13-16-10-6-4-5-7-12(10)18(13)2/h4-7,9H,3,8H2,1-2H3,(H,15,17). The molecule has 0 aliphatic rings. The van der Waals surface area contributed by atoms with E-state index >= 15 is 0 Å². The van der Waals surface area contributed by atoms with Crippen molar-refractivity contribution in [1.82, 2.24) is 14.5 Å². The summed E-state index contributed by atoms with van der Waals surface area (Å²) in [7, 11) is 2.03. The Morgan fingerprint density at radius 1 is 1.26 bits per heavy atom. The van der Waals surface area contributed by atoms with E-state index in [0.717, 1.165) is 40.6 Å². The van der Waals surface area contributed by atoms with E-state index < -0.39 is 0 Å². The average molecular weight is 272 g/mol. The van der Waals surface area contributed by atoms with Gasteiger partial charge in [0.2, 0.25) is 0 Å². The molecule has 0 spiro atoms. The molecule has 0 fully saturated rings. The van der Waals surface area contributed by atoms with Crippen molar-refractivity contribution < 1.29 is 0 Å². The lowest BCUT2D eigenvalue weighted by Gasteiger charge is -1.99. The van der Waals surface area contributed by atoms with Gasteiger partial charge in [-0.3, -0.25) is 0 Å². The number of hydrogen-bond donors (Lipinski definition) is 1. The lowest BCUT2D eigenvalue weighted by molar-refractivity contribution is 0.949. The molecular weight excluding hydrogens is 256 g/mol. The van der Waals surface area contributed by atoms with Gasteiger partial charge in [0.15, 0.2) is 11.0 Å². The van der Waals surface area contributed by atoms with Gasteiger partial charge in [0.1, 0.15) is 5.69 Å². The number of rotatable bonds is 4. The predicted octanol–water partition coefficient (Wildman–Crippen LogP) is 3.52. The third kappa shape index (κ3) is 2.21. The van der Waals surface area contributed by atoms with E-state index in [0.29, 0.717) is 0 Å². The number of thiazole rings is 1. The van der Waals surface area contributed by atoms with E-state index in [1.54, 1.807) is 11.3 Å². The molecule has 3 aromatic rings. The Balaban J connectivity index is 1.99. The number of hydrogen-bond acceptors (Lipinski definition) is 4. The first kappa shape index (κ1) is 12.2. The fourth-order valence-electron chi connectivity index (χ4n) is 2.06. The van der Waals surface area contributed by atoms with Crippen molar-refractivity contribution in [3.63, 3.8) is 0 Å². The summed E-state index contributed by atoms with van der Waals surface area (Å²) in [6.07, 6.45) is 1.10. The van der Waals surface area contributed by atoms with Crippen LogP contribution >= 0.6 is 11.3 Å². The van der Waals surface area contributed by atoms with Crippen LogP contribution < -0.4 is 5.32 Å². The zero-order valence-corrected chi connectivity index (χ0v) is 11.9. The van der Waals surface area contributed by atoms with Crippen LogP contribution in [-0.2, 0) is 7.05 Å². The lowest BCUT2D eigenvalue weighted by Crippen LogP contribution is -1.99. The van der Waals surface area contributed by atoms with Crippen LogP contribution in [0.4, 0.5) is 5.13 Å². The van der Waals surface area contributed by atoms with E-state index in [4.69, 9.17) is 0 Å². The van der Waals surface area contributed by atoms with Gasteiger partial charge in [-0.2, -0.15) is 0 Å². The van der Waals surface area contributed by atoms with Crippen LogP contribution in [0.15, 0.2) is 29.6 Å². The van der Waals surface area contributed by atoms with Crippen LogP contribution in [0.1, 0.15) is 13.3 Å².